The summed E-state index contributed by atoms with van der Waals surface area (Å²) in [5, 5.41) is 11.3. The van der Waals surface area contributed by atoms with E-state index in [0.29, 0.717) is 0 Å². The maximum atomic E-state index is 4.48. The first-order chi connectivity index (χ1) is 11.6. The normalized spacial score (nSPS) is 12.0. The lowest BCUT2D eigenvalue weighted by atomic mass is 10.3. The van der Waals surface area contributed by atoms with Crippen LogP contribution in [0.1, 0.15) is 44.5 Å². The summed E-state index contributed by atoms with van der Waals surface area (Å²) in [6.07, 6.45) is 3.43. The lowest BCUT2D eigenvalue weighted by Gasteiger charge is -2.18. The molecule has 6 nitrogen and oxygen atoms in total. The highest BCUT2D eigenvalue weighted by molar-refractivity contribution is 5.79. The first kappa shape index (κ1) is 20.5. The summed E-state index contributed by atoms with van der Waals surface area (Å²) in [6, 6.07) is 2.12. The van der Waals surface area contributed by atoms with Gasteiger partial charge in [-0.2, -0.15) is 5.10 Å². The van der Waals surface area contributed by atoms with Crippen molar-refractivity contribution in [3.63, 3.8) is 0 Å². The Morgan fingerprint density at radius 2 is 1.79 bits per heavy atom. The molecule has 0 radical (unpaired) electrons. The maximum absolute atomic E-state index is 4.48. The third-order valence-electron chi connectivity index (χ3n) is 4.25. The monoisotopic (exact) mass is 336 g/mol. The van der Waals surface area contributed by atoms with Crippen LogP contribution in [0.5, 0.6) is 0 Å². The number of guanidine groups is 1. The van der Waals surface area contributed by atoms with E-state index in [1.54, 1.807) is 0 Å². The van der Waals surface area contributed by atoms with E-state index in [2.05, 4.69) is 57.1 Å². The quantitative estimate of drug-likeness (QED) is 0.369. The molecule has 0 atom stereocenters. The van der Waals surface area contributed by atoms with Gasteiger partial charge in [0.25, 0.3) is 0 Å². The number of nitrogens with one attached hydrogen (secondary N) is 2. The molecule has 0 aliphatic heterocycles. The lowest BCUT2D eigenvalue weighted by molar-refractivity contribution is 0.297. The van der Waals surface area contributed by atoms with E-state index in [0.717, 1.165) is 50.8 Å². The number of nitrogens with zero attached hydrogens (tertiary/aromatic N) is 4. The van der Waals surface area contributed by atoms with Crippen molar-refractivity contribution in [1.29, 1.82) is 0 Å². The van der Waals surface area contributed by atoms with Crippen LogP contribution in [0, 0.1) is 13.8 Å². The molecule has 0 saturated heterocycles. The molecule has 6 heteroatoms. The van der Waals surface area contributed by atoms with Crippen LogP contribution in [0.3, 0.4) is 0 Å². The molecule has 1 aromatic heterocycles. The van der Waals surface area contributed by atoms with E-state index in [9.17, 15) is 0 Å². The van der Waals surface area contributed by atoms with Crippen LogP contribution in [0.15, 0.2) is 11.1 Å². The number of aliphatic imine (C=N–C) groups is 1. The Hall–Kier alpha value is -1.56. The van der Waals surface area contributed by atoms with Crippen molar-refractivity contribution in [2.75, 3.05) is 39.8 Å². The summed E-state index contributed by atoms with van der Waals surface area (Å²) in [5.74, 6) is 0.895. The number of aryl methyl sites for hydroxylation is 3. The molecule has 138 valence electrons. The van der Waals surface area contributed by atoms with E-state index in [1.165, 1.54) is 25.1 Å². The molecule has 0 aliphatic carbocycles. The summed E-state index contributed by atoms with van der Waals surface area (Å²) in [7, 11) is 1.83. The Morgan fingerprint density at radius 1 is 1.12 bits per heavy atom. The highest BCUT2D eigenvalue weighted by atomic mass is 15.3. The molecule has 0 saturated carbocycles. The topological polar surface area (TPSA) is 57.5 Å². The van der Waals surface area contributed by atoms with Crippen LogP contribution < -0.4 is 10.6 Å². The van der Waals surface area contributed by atoms with E-state index < -0.39 is 0 Å². The minimum absolute atomic E-state index is 0.895. The smallest absolute Gasteiger partial charge is 0.190 e. The second-order valence-electron chi connectivity index (χ2n) is 6.16. The molecule has 0 amide bonds. The van der Waals surface area contributed by atoms with Crippen molar-refractivity contribution in [1.82, 2.24) is 25.3 Å². The van der Waals surface area contributed by atoms with Crippen molar-refractivity contribution < 1.29 is 0 Å². The van der Waals surface area contributed by atoms with Gasteiger partial charge in [-0.15, -0.1) is 0 Å². The van der Waals surface area contributed by atoms with Gasteiger partial charge in [0, 0.05) is 32.4 Å². The molecule has 2 N–H and O–H groups in total. The van der Waals surface area contributed by atoms with Crippen molar-refractivity contribution in [2.45, 2.75) is 53.5 Å². The van der Waals surface area contributed by atoms with Gasteiger partial charge in [-0.3, -0.25) is 9.67 Å². The summed E-state index contributed by atoms with van der Waals surface area (Å²) >= 11 is 0. The summed E-state index contributed by atoms with van der Waals surface area (Å²) in [6.45, 7) is 14.9. The zero-order chi connectivity index (χ0) is 17.8. The Labute approximate surface area is 147 Å². The maximum Gasteiger partial charge on any atom is 0.190 e. The number of aromatic nitrogens is 2. The van der Waals surface area contributed by atoms with Gasteiger partial charge in [-0.05, 0) is 58.8 Å². The summed E-state index contributed by atoms with van der Waals surface area (Å²) < 4.78 is 2.07. The Balaban J connectivity index is 2.11. The van der Waals surface area contributed by atoms with Crippen LogP contribution in [0.25, 0.3) is 0 Å². The number of hydrogen-bond donors (Lipinski definition) is 2. The van der Waals surface area contributed by atoms with Gasteiger partial charge in [-0.1, -0.05) is 13.8 Å². The Kier molecular flexibility index (Phi) is 10.2. The van der Waals surface area contributed by atoms with Gasteiger partial charge in [0.15, 0.2) is 5.96 Å². The molecular weight excluding hydrogens is 300 g/mol. The van der Waals surface area contributed by atoms with Crippen LogP contribution >= 0.6 is 0 Å². The van der Waals surface area contributed by atoms with Gasteiger partial charge < -0.3 is 15.5 Å². The lowest BCUT2D eigenvalue weighted by Crippen LogP contribution is -2.38. The van der Waals surface area contributed by atoms with Crippen molar-refractivity contribution in [3.8, 4) is 0 Å². The van der Waals surface area contributed by atoms with Gasteiger partial charge >= 0.3 is 0 Å². The van der Waals surface area contributed by atoms with Crippen molar-refractivity contribution in [3.05, 3.63) is 17.5 Å². The first-order valence-electron chi connectivity index (χ1n) is 9.28. The Bertz CT molecular complexity index is 476. The third kappa shape index (κ3) is 7.81. The predicted octanol–water partition coefficient (Wildman–Crippen LogP) is 2.18. The molecule has 0 unspecified atom stereocenters. The fourth-order valence-corrected chi connectivity index (χ4v) is 2.76. The van der Waals surface area contributed by atoms with Crippen LogP contribution in [-0.4, -0.2) is 60.4 Å². The van der Waals surface area contributed by atoms with Gasteiger partial charge in [-0.25, -0.2) is 0 Å². The zero-order valence-electron chi connectivity index (χ0n) is 16.2. The first-order valence-corrected chi connectivity index (χ1v) is 9.28. The van der Waals surface area contributed by atoms with Crippen molar-refractivity contribution in [2.24, 2.45) is 4.99 Å². The summed E-state index contributed by atoms with van der Waals surface area (Å²) in [5.41, 5.74) is 2.31. The van der Waals surface area contributed by atoms with E-state index in [4.69, 9.17) is 0 Å². The molecule has 1 aromatic rings. The average Bonchev–Trinajstić information content (AvgIpc) is 2.90. The van der Waals surface area contributed by atoms with Crippen LogP contribution in [-0.2, 0) is 6.54 Å². The number of rotatable bonds is 11. The van der Waals surface area contributed by atoms with Gasteiger partial charge in [0.2, 0.25) is 0 Å². The number of unbranched alkanes of at least 4 members (excludes halogenated alkanes) is 1. The van der Waals surface area contributed by atoms with Gasteiger partial charge in [0.05, 0.1) is 5.69 Å². The minimum Gasteiger partial charge on any atom is -0.356 e. The molecule has 0 fully saturated rings. The highest BCUT2D eigenvalue weighted by Gasteiger charge is 2.02. The summed E-state index contributed by atoms with van der Waals surface area (Å²) in [4.78, 5) is 6.75. The number of hydrogen-bond acceptors (Lipinski definition) is 3. The van der Waals surface area contributed by atoms with Crippen LogP contribution in [0.2, 0.25) is 0 Å². The molecule has 1 heterocycles. The molecule has 0 bridgehead atoms. The molecule has 0 aromatic carbocycles. The third-order valence-corrected chi connectivity index (χ3v) is 4.25. The van der Waals surface area contributed by atoms with E-state index in [1.807, 2.05) is 14.0 Å². The molecule has 0 spiro atoms. The zero-order valence-corrected chi connectivity index (χ0v) is 16.2. The SMILES string of the molecule is CCN(CC)CCCCNC(=NC)NCCCn1nc(C)cc1C. The second-order valence-corrected chi connectivity index (χ2v) is 6.16. The molecular formula is C18H36N6. The molecule has 0 aliphatic rings. The van der Waals surface area contributed by atoms with Gasteiger partial charge in [0.1, 0.15) is 0 Å². The standard InChI is InChI=1S/C18H36N6/c1-6-23(7-2)13-9-8-11-20-18(19-5)21-12-10-14-24-17(4)15-16(3)22-24/h15H,6-14H2,1-5H3,(H2,19,20,21). The van der Waals surface area contributed by atoms with Crippen LogP contribution in [0.4, 0.5) is 0 Å². The predicted molar refractivity (Wildman–Crippen MR) is 103 cm³/mol. The van der Waals surface area contributed by atoms with E-state index in [-0.39, 0.29) is 0 Å². The highest BCUT2D eigenvalue weighted by Crippen LogP contribution is 2.02. The van der Waals surface area contributed by atoms with Crippen molar-refractivity contribution >= 4 is 5.96 Å². The molecule has 24 heavy (non-hydrogen) atoms. The van der Waals surface area contributed by atoms with E-state index >= 15 is 0 Å². The largest absolute Gasteiger partial charge is 0.356 e. The fourth-order valence-electron chi connectivity index (χ4n) is 2.76. The average molecular weight is 337 g/mol. The second kappa shape index (κ2) is 11.9. The fraction of sp³-hybridized carbons (Fsp3) is 0.778. The Morgan fingerprint density at radius 3 is 2.33 bits per heavy atom. The minimum atomic E-state index is 0.895. The molecule has 1 rings (SSSR count).